The van der Waals surface area contributed by atoms with Crippen LogP contribution in [0.25, 0.3) is 0 Å². The molecular formula is C15H21N3O3. The lowest BCUT2D eigenvalue weighted by Gasteiger charge is -2.31. The maximum atomic E-state index is 12.3. The van der Waals surface area contributed by atoms with Crippen LogP contribution in [0.15, 0.2) is 24.3 Å². The van der Waals surface area contributed by atoms with Crippen LogP contribution < -0.4 is 21.5 Å². The largest absolute Gasteiger partial charge is 0.484 e. The number of primary amides is 1. The molecule has 1 aliphatic rings. The highest BCUT2D eigenvalue weighted by Gasteiger charge is 2.35. The van der Waals surface area contributed by atoms with E-state index in [0.717, 1.165) is 19.3 Å². The summed E-state index contributed by atoms with van der Waals surface area (Å²) in [6, 6.07) is 6.82. The lowest BCUT2D eigenvalue weighted by molar-refractivity contribution is -0.122. The quantitative estimate of drug-likeness (QED) is 0.756. The summed E-state index contributed by atoms with van der Waals surface area (Å²) in [7, 11) is 0. The Labute approximate surface area is 123 Å². The topological polar surface area (TPSA) is 107 Å². The van der Waals surface area contributed by atoms with Crippen LogP contribution in [0.5, 0.6) is 5.75 Å². The van der Waals surface area contributed by atoms with Crippen molar-refractivity contribution in [1.29, 1.82) is 0 Å². The molecule has 6 heteroatoms. The Kier molecular flexibility index (Phi) is 4.80. The molecule has 1 aromatic carbocycles. The average molecular weight is 291 g/mol. The number of ether oxygens (including phenoxy) is 1. The fraction of sp³-hybridized carbons (Fsp3) is 0.467. The first-order chi connectivity index (χ1) is 9.99. The number of carbonyl (C=O) groups is 2. The second-order valence-electron chi connectivity index (χ2n) is 5.45. The Bertz CT molecular complexity index is 525. The standard InChI is InChI=1S/C15H21N3O3/c16-13(19)10-21-12-6-4-5-11(9-12)18-14(20)15(17)7-2-1-3-8-15/h4-6,9H,1-3,7-8,10,17H2,(H2,16,19)(H,18,20). The minimum absolute atomic E-state index is 0.172. The van der Waals surface area contributed by atoms with Gasteiger partial charge in [0.05, 0.1) is 5.54 Å². The van der Waals surface area contributed by atoms with Gasteiger partial charge in [-0.15, -0.1) is 0 Å². The maximum absolute atomic E-state index is 12.3. The SMILES string of the molecule is NC(=O)COc1cccc(NC(=O)C2(N)CCCCC2)c1. The third-order valence-corrected chi connectivity index (χ3v) is 3.67. The number of anilines is 1. The fourth-order valence-electron chi connectivity index (χ4n) is 2.48. The molecule has 21 heavy (non-hydrogen) atoms. The van der Waals surface area contributed by atoms with E-state index in [1.807, 2.05) is 0 Å². The lowest BCUT2D eigenvalue weighted by atomic mass is 9.82. The number of carbonyl (C=O) groups excluding carboxylic acids is 2. The first-order valence-electron chi connectivity index (χ1n) is 7.11. The molecule has 0 bridgehead atoms. The van der Waals surface area contributed by atoms with Gasteiger partial charge in [0.25, 0.3) is 5.91 Å². The zero-order chi connectivity index (χ0) is 15.3. The molecule has 0 aromatic heterocycles. The Morgan fingerprint density at radius 2 is 1.95 bits per heavy atom. The van der Waals surface area contributed by atoms with Gasteiger partial charge in [0.1, 0.15) is 5.75 Å². The van der Waals surface area contributed by atoms with E-state index in [1.165, 1.54) is 0 Å². The van der Waals surface area contributed by atoms with Crippen molar-refractivity contribution in [3.8, 4) is 5.75 Å². The van der Waals surface area contributed by atoms with Gasteiger partial charge in [-0.2, -0.15) is 0 Å². The molecule has 2 rings (SSSR count). The van der Waals surface area contributed by atoms with E-state index in [1.54, 1.807) is 24.3 Å². The molecular weight excluding hydrogens is 270 g/mol. The highest BCUT2D eigenvalue weighted by Crippen LogP contribution is 2.27. The van der Waals surface area contributed by atoms with Crippen molar-refractivity contribution in [2.75, 3.05) is 11.9 Å². The summed E-state index contributed by atoms with van der Waals surface area (Å²) in [5, 5.41) is 2.82. The second kappa shape index (κ2) is 6.58. The van der Waals surface area contributed by atoms with Crippen molar-refractivity contribution >= 4 is 17.5 Å². The monoisotopic (exact) mass is 291 g/mol. The van der Waals surface area contributed by atoms with Crippen molar-refractivity contribution in [3.05, 3.63) is 24.3 Å². The number of amides is 2. The van der Waals surface area contributed by atoms with Crippen LogP contribution in [-0.2, 0) is 9.59 Å². The molecule has 114 valence electrons. The van der Waals surface area contributed by atoms with Crippen LogP contribution in [0.2, 0.25) is 0 Å². The molecule has 1 aliphatic carbocycles. The molecule has 0 unspecified atom stereocenters. The highest BCUT2D eigenvalue weighted by atomic mass is 16.5. The van der Waals surface area contributed by atoms with E-state index in [4.69, 9.17) is 16.2 Å². The van der Waals surface area contributed by atoms with Gasteiger partial charge in [-0.1, -0.05) is 25.3 Å². The maximum Gasteiger partial charge on any atom is 0.255 e. The smallest absolute Gasteiger partial charge is 0.255 e. The molecule has 0 radical (unpaired) electrons. The molecule has 0 atom stereocenters. The van der Waals surface area contributed by atoms with Gasteiger partial charge in [-0.3, -0.25) is 9.59 Å². The summed E-state index contributed by atoms with van der Waals surface area (Å²) < 4.78 is 5.20. The number of rotatable bonds is 5. The first-order valence-corrected chi connectivity index (χ1v) is 7.11. The second-order valence-corrected chi connectivity index (χ2v) is 5.45. The van der Waals surface area contributed by atoms with Crippen molar-refractivity contribution in [2.45, 2.75) is 37.6 Å². The normalized spacial score (nSPS) is 17.0. The van der Waals surface area contributed by atoms with Gasteiger partial charge < -0.3 is 21.5 Å². The van der Waals surface area contributed by atoms with Gasteiger partial charge in [0.15, 0.2) is 6.61 Å². The van der Waals surface area contributed by atoms with E-state index in [-0.39, 0.29) is 12.5 Å². The van der Waals surface area contributed by atoms with E-state index in [9.17, 15) is 9.59 Å². The average Bonchev–Trinajstić information content (AvgIpc) is 2.46. The van der Waals surface area contributed by atoms with E-state index < -0.39 is 11.4 Å². The number of benzene rings is 1. The molecule has 5 N–H and O–H groups in total. The molecule has 2 amide bonds. The zero-order valence-corrected chi connectivity index (χ0v) is 11.9. The summed E-state index contributed by atoms with van der Waals surface area (Å²) in [5.41, 5.74) is 11.0. The third kappa shape index (κ3) is 4.19. The van der Waals surface area contributed by atoms with Crippen LogP contribution in [0, 0.1) is 0 Å². The molecule has 0 saturated heterocycles. The van der Waals surface area contributed by atoms with Gasteiger partial charge >= 0.3 is 0 Å². The van der Waals surface area contributed by atoms with Gasteiger partial charge in [-0.25, -0.2) is 0 Å². The van der Waals surface area contributed by atoms with Gasteiger partial charge in [0, 0.05) is 11.8 Å². The zero-order valence-electron chi connectivity index (χ0n) is 11.9. The van der Waals surface area contributed by atoms with Gasteiger partial charge in [0.2, 0.25) is 5.91 Å². The Hall–Kier alpha value is -2.08. The van der Waals surface area contributed by atoms with Crippen LogP contribution in [0.1, 0.15) is 32.1 Å². The predicted molar refractivity (Wildman–Crippen MR) is 79.8 cm³/mol. The summed E-state index contributed by atoms with van der Waals surface area (Å²) in [6.07, 6.45) is 4.49. The van der Waals surface area contributed by atoms with Crippen molar-refractivity contribution in [2.24, 2.45) is 11.5 Å². The molecule has 0 aliphatic heterocycles. The third-order valence-electron chi connectivity index (χ3n) is 3.67. The van der Waals surface area contributed by atoms with Crippen LogP contribution in [-0.4, -0.2) is 24.0 Å². The van der Waals surface area contributed by atoms with Crippen LogP contribution in [0.4, 0.5) is 5.69 Å². The van der Waals surface area contributed by atoms with Crippen LogP contribution >= 0.6 is 0 Å². The van der Waals surface area contributed by atoms with Crippen molar-refractivity contribution in [1.82, 2.24) is 0 Å². The van der Waals surface area contributed by atoms with Crippen molar-refractivity contribution < 1.29 is 14.3 Å². The molecule has 0 spiro atoms. The molecule has 0 heterocycles. The number of nitrogens with one attached hydrogen (secondary N) is 1. The molecule has 1 aromatic rings. The molecule has 1 fully saturated rings. The van der Waals surface area contributed by atoms with Gasteiger partial charge in [-0.05, 0) is 25.0 Å². The number of hydrogen-bond acceptors (Lipinski definition) is 4. The summed E-state index contributed by atoms with van der Waals surface area (Å²) in [6.45, 7) is -0.196. The first kappa shape index (κ1) is 15.3. The van der Waals surface area contributed by atoms with E-state index in [0.29, 0.717) is 24.3 Å². The summed E-state index contributed by atoms with van der Waals surface area (Å²) in [4.78, 5) is 23.0. The van der Waals surface area contributed by atoms with Crippen molar-refractivity contribution in [3.63, 3.8) is 0 Å². The minimum atomic E-state index is -0.789. The lowest BCUT2D eigenvalue weighted by Crippen LogP contribution is -2.52. The number of hydrogen-bond donors (Lipinski definition) is 3. The predicted octanol–water partition coefficient (Wildman–Crippen LogP) is 1.15. The number of nitrogens with two attached hydrogens (primary N) is 2. The highest BCUT2D eigenvalue weighted by molar-refractivity contribution is 5.98. The Balaban J connectivity index is 2.00. The summed E-state index contributed by atoms with van der Waals surface area (Å²) >= 11 is 0. The Morgan fingerprint density at radius 1 is 1.24 bits per heavy atom. The van der Waals surface area contributed by atoms with E-state index >= 15 is 0 Å². The molecule has 1 saturated carbocycles. The fourth-order valence-corrected chi connectivity index (χ4v) is 2.48. The summed E-state index contributed by atoms with van der Waals surface area (Å²) in [5.74, 6) is -0.247. The molecule has 6 nitrogen and oxygen atoms in total. The minimum Gasteiger partial charge on any atom is -0.484 e. The Morgan fingerprint density at radius 3 is 2.62 bits per heavy atom. The van der Waals surface area contributed by atoms with Crippen LogP contribution in [0.3, 0.4) is 0 Å². The van der Waals surface area contributed by atoms with E-state index in [2.05, 4.69) is 5.32 Å².